The Morgan fingerprint density at radius 1 is 1.10 bits per heavy atom. The van der Waals surface area contributed by atoms with Crippen molar-refractivity contribution >= 4 is 0 Å². The Morgan fingerprint density at radius 2 is 1.90 bits per heavy atom. The molecule has 2 nitrogen and oxygen atoms in total. The maximum Gasteiger partial charge on any atom is 0.0224 e. The third kappa shape index (κ3) is 4.21. The van der Waals surface area contributed by atoms with E-state index in [4.69, 9.17) is 0 Å². The van der Waals surface area contributed by atoms with Crippen LogP contribution < -0.4 is 0 Å². The molecule has 20 heavy (non-hydrogen) atoms. The maximum atomic E-state index is 2.83. The van der Waals surface area contributed by atoms with Crippen LogP contribution in [-0.4, -0.2) is 48.1 Å². The van der Waals surface area contributed by atoms with Gasteiger partial charge in [0.2, 0.25) is 0 Å². The van der Waals surface area contributed by atoms with Crippen LogP contribution in [0.5, 0.6) is 0 Å². The summed E-state index contributed by atoms with van der Waals surface area (Å²) in [5.41, 5.74) is 0.489. The Labute approximate surface area is 126 Å². The van der Waals surface area contributed by atoms with E-state index in [1.54, 1.807) is 0 Å². The molecule has 0 radical (unpaired) electrons. The van der Waals surface area contributed by atoms with Gasteiger partial charge in [0.25, 0.3) is 0 Å². The normalized spacial score (nSPS) is 28.8. The summed E-state index contributed by atoms with van der Waals surface area (Å²) >= 11 is 0. The predicted octanol–water partition coefficient (Wildman–Crippen LogP) is 4.15. The molecule has 2 heteroatoms. The number of nitrogens with zero attached hydrogens (tertiary/aromatic N) is 2. The van der Waals surface area contributed by atoms with Crippen molar-refractivity contribution in [2.24, 2.45) is 5.41 Å². The van der Waals surface area contributed by atoms with Crippen LogP contribution in [0.1, 0.15) is 72.6 Å². The second-order valence-corrected chi connectivity index (χ2v) is 7.90. The average Bonchev–Trinajstić information content (AvgIpc) is 2.84. The van der Waals surface area contributed by atoms with Crippen molar-refractivity contribution in [1.29, 1.82) is 0 Å². The monoisotopic (exact) mass is 280 g/mol. The molecule has 2 saturated heterocycles. The molecule has 0 spiro atoms. The fourth-order valence-corrected chi connectivity index (χ4v) is 4.21. The molecule has 0 aromatic rings. The highest BCUT2D eigenvalue weighted by Gasteiger charge is 2.37. The van der Waals surface area contributed by atoms with Crippen LogP contribution in [0.25, 0.3) is 0 Å². The van der Waals surface area contributed by atoms with Crippen LogP contribution in [0.4, 0.5) is 0 Å². The molecule has 0 aromatic heterocycles. The molecule has 0 bridgehead atoms. The number of hydrogen-bond donors (Lipinski definition) is 0. The number of piperazine rings is 1. The van der Waals surface area contributed by atoms with Crippen LogP contribution in [-0.2, 0) is 0 Å². The summed E-state index contributed by atoms with van der Waals surface area (Å²) in [6, 6.07) is 1.67. The highest BCUT2D eigenvalue weighted by molar-refractivity contribution is 4.93. The van der Waals surface area contributed by atoms with E-state index >= 15 is 0 Å². The largest absolute Gasteiger partial charge is 0.298 e. The van der Waals surface area contributed by atoms with Gasteiger partial charge in [0.05, 0.1) is 0 Å². The lowest BCUT2D eigenvalue weighted by atomic mass is 9.85. The number of hydrogen-bond acceptors (Lipinski definition) is 2. The summed E-state index contributed by atoms with van der Waals surface area (Å²) in [5, 5.41) is 0. The SMILES string of the molecule is CCCCCC(C)(C)CN1CC2CCCN2CC1CC. The van der Waals surface area contributed by atoms with E-state index in [1.807, 2.05) is 0 Å². The van der Waals surface area contributed by atoms with Crippen LogP contribution in [0.2, 0.25) is 0 Å². The van der Waals surface area contributed by atoms with E-state index in [2.05, 4.69) is 37.5 Å². The standard InChI is InChI=1S/C18H36N2/c1-5-7-8-11-18(3,4)15-20-14-17-10-9-12-19(17)13-16(20)6-2/h16-17H,5-15H2,1-4H3. The predicted molar refractivity (Wildman–Crippen MR) is 88.2 cm³/mol. The molecule has 0 aromatic carbocycles. The van der Waals surface area contributed by atoms with Crippen molar-refractivity contribution < 1.29 is 0 Å². The van der Waals surface area contributed by atoms with Crippen molar-refractivity contribution in [2.75, 3.05) is 26.2 Å². The van der Waals surface area contributed by atoms with Crippen LogP contribution in [0.15, 0.2) is 0 Å². The molecule has 0 saturated carbocycles. The van der Waals surface area contributed by atoms with Gasteiger partial charge in [-0.05, 0) is 37.6 Å². The first-order valence-corrected chi connectivity index (χ1v) is 9.04. The molecule has 2 heterocycles. The first-order chi connectivity index (χ1) is 9.55. The summed E-state index contributed by atoms with van der Waals surface area (Å²) in [4.78, 5) is 5.59. The van der Waals surface area contributed by atoms with E-state index in [-0.39, 0.29) is 0 Å². The van der Waals surface area contributed by atoms with Crippen LogP contribution >= 0.6 is 0 Å². The van der Waals surface area contributed by atoms with Crippen molar-refractivity contribution in [1.82, 2.24) is 9.80 Å². The highest BCUT2D eigenvalue weighted by Crippen LogP contribution is 2.31. The van der Waals surface area contributed by atoms with Gasteiger partial charge in [-0.1, -0.05) is 47.0 Å². The van der Waals surface area contributed by atoms with E-state index in [0.717, 1.165) is 12.1 Å². The van der Waals surface area contributed by atoms with Gasteiger partial charge >= 0.3 is 0 Å². The van der Waals surface area contributed by atoms with Gasteiger partial charge in [0.1, 0.15) is 0 Å². The van der Waals surface area contributed by atoms with Gasteiger partial charge in [-0.2, -0.15) is 0 Å². The van der Waals surface area contributed by atoms with Gasteiger partial charge in [0, 0.05) is 31.7 Å². The second kappa shape index (κ2) is 7.26. The van der Waals surface area contributed by atoms with Gasteiger partial charge in [-0.25, -0.2) is 0 Å². The lowest BCUT2D eigenvalue weighted by Crippen LogP contribution is -2.57. The minimum absolute atomic E-state index is 0.489. The molecule has 2 fully saturated rings. The Morgan fingerprint density at radius 3 is 2.60 bits per heavy atom. The van der Waals surface area contributed by atoms with Crippen LogP contribution in [0, 0.1) is 5.41 Å². The minimum Gasteiger partial charge on any atom is -0.298 e. The Kier molecular flexibility index (Phi) is 5.92. The zero-order valence-electron chi connectivity index (χ0n) is 14.3. The number of unbranched alkanes of at least 4 members (excludes halogenated alkanes) is 2. The molecule has 2 atom stereocenters. The van der Waals surface area contributed by atoms with Gasteiger partial charge in [-0.15, -0.1) is 0 Å². The summed E-state index contributed by atoms with van der Waals surface area (Å²) < 4.78 is 0. The molecule has 2 unspecified atom stereocenters. The lowest BCUT2D eigenvalue weighted by molar-refractivity contribution is 0.0221. The zero-order valence-corrected chi connectivity index (χ0v) is 14.3. The Hall–Kier alpha value is -0.0800. The molecule has 2 rings (SSSR count). The van der Waals surface area contributed by atoms with Crippen molar-refractivity contribution in [3.8, 4) is 0 Å². The molecule has 0 amide bonds. The van der Waals surface area contributed by atoms with E-state index < -0.39 is 0 Å². The lowest BCUT2D eigenvalue weighted by Gasteiger charge is -2.46. The zero-order chi connectivity index (χ0) is 14.6. The third-order valence-electron chi connectivity index (χ3n) is 5.47. The molecule has 118 valence electrons. The molecular formula is C18H36N2. The van der Waals surface area contributed by atoms with Gasteiger partial charge < -0.3 is 0 Å². The quantitative estimate of drug-likeness (QED) is 0.646. The fourth-order valence-electron chi connectivity index (χ4n) is 4.21. The summed E-state index contributed by atoms with van der Waals surface area (Å²) in [6.07, 6.45) is 9.71. The Balaban J connectivity index is 1.88. The van der Waals surface area contributed by atoms with E-state index in [1.165, 1.54) is 71.1 Å². The van der Waals surface area contributed by atoms with E-state index in [9.17, 15) is 0 Å². The molecule has 0 aliphatic carbocycles. The van der Waals surface area contributed by atoms with Gasteiger partial charge in [-0.3, -0.25) is 9.80 Å². The van der Waals surface area contributed by atoms with Crippen LogP contribution in [0.3, 0.4) is 0 Å². The maximum absolute atomic E-state index is 2.83. The average molecular weight is 280 g/mol. The van der Waals surface area contributed by atoms with Crippen molar-refractivity contribution in [3.05, 3.63) is 0 Å². The number of rotatable bonds is 7. The number of fused-ring (bicyclic) bond motifs is 1. The highest BCUT2D eigenvalue weighted by atomic mass is 15.3. The minimum atomic E-state index is 0.489. The first kappa shape index (κ1) is 16.3. The Bertz CT molecular complexity index is 287. The van der Waals surface area contributed by atoms with Crippen molar-refractivity contribution in [2.45, 2.75) is 84.7 Å². The van der Waals surface area contributed by atoms with E-state index in [0.29, 0.717) is 5.41 Å². The molecule has 2 aliphatic rings. The summed E-state index contributed by atoms with van der Waals surface area (Å²) in [7, 11) is 0. The fraction of sp³-hybridized carbons (Fsp3) is 1.00. The third-order valence-corrected chi connectivity index (χ3v) is 5.47. The molecular weight excluding hydrogens is 244 g/mol. The summed E-state index contributed by atoms with van der Waals surface area (Å²) in [5.74, 6) is 0. The molecule has 2 aliphatic heterocycles. The topological polar surface area (TPSA) is 6.48 Å². The van der Waals surface area contributed by atoms with Crippen molar-refractivity contribution in [3.63, 3.8) is 0 Å². The summed E-state index contributed by atoms with van der Waals surface area (Å²) in [6.45, 7) is 15.0. The molecule has 0 N–H and O–H groups in total. The smallest absolute Gasteiger partial charge is 0.0224 e. The second-order valence-electron chi connectivity index (χ2n) is 7.90. The van der Waals surface area contributed by atoms with Gasteiger partial charge in [0.15, 0.2) is 0 Å². The first-order valence-electron chi connectivity index (χ1n) is 9.04.